The molecule has 0 saturated carbocycles. The molecule has 2 aromatic carbocycles. The second-order valence-electron chi connectivity index (χ2n) is 8.40. The van der Waals surface area contributed by atoms with Gasteiger partial charge in [-0.05, 0) is 56.2 Å². The summed E-state index contributed by atoms with van der Waals surface area (Å²) in [6, 6.07) is 14.1. The number of hydrogen-bond donors (Lipinski definition) is 2. The van der Waals surface area contributed by atoms with Gasteiger partial charge in [0, 0.05) is 24.2 Å². The molecule has 2 heterocycles. The van der Waals surface area contributed by atoms with Crippen molar-refractivity contribution in [3.63, 3.8) is 0 Å². The van der Waals surface area contributed by atoms with E-state index in [1.807, 2.05) is 54.7 Å². The van der Waals surface area contributed by atoms with Gasteiger partial charge in [0.1, 0.15) is 11.8 Å². The Morgan fingerprint density at radius 1 is 1.12 bits per heavy atom. The van der Waals surface area contributed by atoms with Crippen LogP contribution < -0.4 is 15.4 Å². The smallest absolute Gasteiger partial charge is 0.324 e. The van der Waals surface area contributed by atoms with E-state index in [1.165, 1.54) is 4.90 Å². The number of ether oxygens (including phenoxy) is 1. The lowest BCUT2D eigenvalue weighted by Gasteiger charge is -2.14. The van der Waals surface area contributed by atoms with Crippen LogP contribution in [0.5, 0.6) is 5.75 Å². The highest BCUT2D eigenvalue weighted by atomic mass is 16.5. The average Bonchev–Trinajstić information content (AvgIpc) is 3.34. The van der Waals surface area contributed by atoms with Crippen LogP contribution in [0.4, 0.5) is 10.5 Å². The van der Waals surface area contributed by atoms with Gasteiger partial charge in [0.2, 0.25) is 5.91 Å². The number of urea groups is 1. The third kappa shape index (κ3) is 4.69. The van der Waals surface area contributed by atoms with E-state index in [0.29, 0.717) is 18.2 Å². The van der Waals surface area contributed by atoms with E-state index in [9.17, 15) is 14.4 Å². The maximum atomic E-state index is 12.8. The summed E-state index contributed by atoms with van der Waals surface area (Å²) in [5.41, 5.74) is 2.70. The number of fused-ring (bicyclic) bond motifs is 1. The molecule has 0 aliphatic carbocycles. The summed E-state index contributed by atoms with van der Waals surface area (Å²) in [6.45, 7) is 4.44. The third-order valence-corrected chi connectivity index (χ3v) is 5.87. The molecule has 1 unspecified atom stereocenters. The summed E-state index contributed by atoms with van der Waals surface area (Å²) < 4.78 is 7.27. The summed E-state index contributed by atoms with van der Waals surface area (Å²) in [5.74, 6) is 0.0413. The Hall–Kier alpha value is -3.81. The first kappa shape index (κ1) is 22.4. The summed E-state index contributed by atoms with van der Waals surface area (Å²) in [6.07, 6.45) is 2.40. The van der Waals surface area contributed by atoms with Gasteiger partial charge in [-0.2, -0.15) is 0 Å². The first-order chi connectivity index (χ1) is 15.9. The second-order valence-corrected chi connectivity index (χ2v) is 8.40. The number of methoxy groups -OCH3 is 1. The topological polar surface area (TPSA) is 92.7 Å². The van der Waals surface area contributed by atoms with Gasteiger partial charge >= 0.3 is 6.03 Å². The van der Waals surface area contributed by atoms with Crippen molar-refractivity contribution in [2.45, 2.75) is 38.8 Å². The Morgan fingerprint density at radius 3 is 2.58 bits per heavy atom. The van der Waals surface area contributed by atoms with E-state index in [4.69, 9.17) is 4.74 Å². The molecule has 1 aliphatic rings. The fraction of sp³-hybridized carbons (Fsp3) is 0.320. The van der Waals surface area contributed by atoms with Gasteiger partial charge in [-0.3, -0.25) is 14.5 Å². The zero-order valence-electron chi connectivity index (χ0n) is 19.0. The largest absolute Gasteiger partial charge is 0.497 e. The SMILES string of the molecule is COc1ccc(CCN2C(=O)NC(CC(=O)Nc3cccc4c3ccn4C(C)C)C2=O)cc1. The predicted molar refractivity (Wildman–Crippen MR) is 126 cm³/mol. The Balaban J connectivity index is 1.37. The molecule has 4 rings (SSSR count). The molecule has 33 heavy (non-hydrogen) atoms. The second kappa shape index (κ2) is 9.36. The fourth-order valence-electron chi connectivity index (χ4n) is 4.09. The summed E-state index contributed by atoms with van der Waals surface area (Å²) >= 11 is 0. The normalized spacial score (nSPS) is 15.9. The van der Waals surface area contributed by atoms with Gasteiger partial charge in [0.15, 0.2) is 0 Å². The van der Waals surface area contributed by atoms with Gasteiger partial charge in [-0.1, -0.05) is 18.2 Å². The van der Waals surface area contributed by atoms with Crippen LogP contribution in [0.3, 0.4) is 0 Å². The summed E-state index contributed by atoms with van der Waals surface area (Å²) in [4.78, 5) is 39.0. The van der Waals surface area contributed by atoms with E-state index in [2.05, 4.69) is 29.0 Å². The van der Waals surface area contributed by atoms with Gasteiger partial charge in [-0.25, -0.2) is 4.79 Å². The molecule has 3 aromatic rings. The standard InChI is InChI=1S/C25H28N4O4/c1-16(2)28-14-12-19-20(5-4-6-22(19)28)26-23(30)15-21-24(31)29(25(32)27-21)13-11-17-7-9-18(33-3)10-8-17/h4-10,12,14,16,21H,11,13,15H2,1-3H3,(H,26,30)(H,27,32). The lowest BCUT2D eigenvalue weighted by molar-refractivity contribution is -0.129. The molecule has 1 aliphatic heterocycles. The molecule has 8 nitrogen and oxygen atoms in total. The number of carbonyl (C=O) groups excluding carboxylic acids is 3. The monoisotopic (exact) mass is 448 g/mol. The van der Waals surface area contributed by atoms with Crippen LogP contribution in [0, 0.1) is 0 Å². The van der Waals surface area contributed by atoms with E-state index in [-0.39, 0.29) is 24.8 Å². The van der Waals surface area contributed by atoms with Gasteiger partial charge in [0.05, 0.1) is 24.7 Å². The highest BCUT2D eigenvalue weighted by Crippen LogP contribution is 2.27. The van der Waals surface area contributed by atoms with Crippen molar-refractivity contribution in [3.05, 3.63) is 60.3 Å². The van der Waals surface area contributed by atoms with Crippen molar-refractivity contribution >= 4 is 34.4 Å². The minimum absolute atomic E-state index is 0.120. The van der Waals surface area contributed by atoms with Crippen molar-refractivity contribution in [2.75, 3.05) is 19.0 Å². The molecule has 1 saturated heterocycles. The molecule has 2 N–H and O–H groups in total. The van der Waals surface area contributed by atoms with Gasteiger partial charge < -0.3 is 19.9 Å². The molecule has 0 radical (unpaired) electrons. The molecule has 4 amide bonds. The Kier molecular flexibility index (Phi) is 6.35. The fourth-order valence-corrected chi connectivity index (χ4v) is 4.09. The number of benzene rings is 2. The van der Waals surface area contributed by atoms with Crippen molar-refractivity contribution in [2.24, 2.45) is 0 Å². The first-order valence-corrected chi connectivity index (χ1v) is 11.0. The summed E-state index contributed by atoms with van der Waals surface area (Å²) in [5, 5.41) is 6.46. The highest BCUT2D eigenvalue weighted by molar-refractivity contribution is 6.08. The van der Waals surface area contributed by atoms with E-state index in [0.717, 1.165) is 22.2 Å². The number of aromatic nitrogens is 1. The molecule has 1 aromatic heterocycles. The summed E-state index contributed by atoms with van der Waals surface area (Å²) in [7, 11) is 1.60. The van der Waals surface area contributed by atoms with Crippen LogP contribution in [-0.4, -0.2) is 47.0 Å². The zero-order valence-corrected chi connectivity index (χ0v) is 19.0. The van der Waals surface area contributed by atoms with E-state index in [1.54, 1.807) is 7.11 Å². The minimum atomic E-state index is -0.868. The predicted octanol–water partition coefficient (Wildman–Crippen LogP) is 3.72. The average molecular weight is 449 g/mol. The van der Waals surface area contributed by atoms with Crippen LogP contribution in [0.25, 0.3) is 10.9 Å². The van der Waals surface area contributed by atoms with Crippen LogP contribution in [-0.2, 0) is 16.0 Å². The number of amides is 4. The van der Waals surface area contributed by atoms with Crippen LogP contribution in [0.15, 0.2) is 54.7 Å². The van der Waals surface area contributed by atoms with Crippen molar-refractivity contribution < 1.29 is 19.1 Å². The maximum Gasteiger partial charge on any atom is 0.324 e. The molecular formula is C25H28N4O4. The lowest BCUT2D eigenvalue weighted by Crippen LogP contribution is -2.35. The number of nitrogens with zero attached hydrogens (tertiary/aromatic N) is 2. The molecular weight excluding hydrogens is 420 g/mol. The Bertz CT molecular complexity index is 1180. The number of hydrogen-bond acceptors (Lipinski definition) is 4. The number of rotatable bonds is 8. The molecule has 8 heteroatoms. The van der Waals surface area contributed by atoms with Crippen LogP contribution in [0.1, 0.15) is 31.9 Å². The molecule has 172 valence electrons. The molecule has 1 atom stereocenters. The maximum absolute atomic E-state index is 12.8. The number of imide groups is 1. The first-order valence-electron chi connectivity index (χ1n) is 11.0. The number of carbonyl (C=O) groups is 3. The molecule has 0 spiro atoms. The number of nitrogens with one attached hydrogen (secondary N) is 2. The zero-order chi connectivity index (χ0) is 23.5. The van der Waals surface area contributed by atoms with Crippen LogP contribution in [0.2, 0.25) is 0 Å². The van der Waals surface area contributed by atoms with Crippen molar-refractivity contribution in [3.8, 4) is 5.75 Å². The van der Waals surface area contributed by atoms with E-state index < -0.39 is 12.1 Å². The van der Waals surface area contributed by atoms with Gasteiger partial charge in [0.25, 0.3) is 5.91 Å². The number of anilines is 1. The molecule has 0 bridgehead atoms. The highest BCUT2D eigenvalue weighted by Gasteiger charge is 2.38. The Morgan fingerprint density at radius 2 is 1.88 bits per heavy atom. The quantitative estimate of drug-likeness (QED) is 0.514. The van der Waals surface area contributed by atoms with Crippen LogP contribution >= 0.6 is 0 Å². The van der Waals surface area contributed by atoms with Gasteiger partial charge in [-0.15, -0.1) is 0 Å². The third-order valence-electron chi connectivity index (χ3n) is 5.87. The Labute approximate surface area is 192 Å². The molecule has 1 fully saturated rings. The van der Waals surface area contributed by atoms with Crippen molar-refractivity contribution in [1.82, 2.24) is 14.8 Å². The minimum Gasteiger partial charge on any atom is -0.497 e. The lowest BCUT2D eigenvalue weighted by atomic mass is 10.1. The van der Waals surface area contributed by atoms with Crippen molar-refractivity contribution in [1.29, 1.82) is 0 Å². The van der Waals surface area contributed by atoms with E-state index >= 15 is 0 Å².